The molecule has 1 atom stereocenters. The molecular weight excluding hydrogens is 244 g/mol. The number of rotatable bonds is 5. The molecule has 2 rings (SSSR count). The van der Waals surface area contributed by atoms with Crippen molar-refractivity contribution in [1.29, 1.82) is 5.26 Å². The third-order valence-corrected chi connectivity index (χ3v) is 3.28. The number of hydrogen-bond donors (Lipinski definition) is 1. The van der Waals surface area contributed by atoms with E-state index < -0.39 is 5.97 Å². The van der Waals surface area contributed by atoms with Gasteiger partial charge in [0.1, 0.15) is 18.4 Å². The van der Waals surface area contributed by atoms with Crippen LogP contribution < -0.4 is 4.74 Å². The number of nitriles is 1. The van der Waals surface area contributed by atoms with Crippen LogP contribution in [0.25, 0.3) is 0 Å². The monoisotopic (exact) mass is 260 g/mol. The maximum Gasteiger partial charge on any atom is 0.320 e. The highest BCUT2D eigenvalue weighted by Crippen LogP contribution is 2.17. The highest BCUT2D eigenvalue weighted by molar-refractivity contribution is 5.73. The zero-order valence-electron chi connectivity index (χ0n) is 10.6. The number of likely N-dealkylation sites (tertiary alicyclic amines) is 1. The van der Waals surface area contributed by atoms with Gasteiger partial charge >= 0.3 is 5.97 Å². The summed E-state index contributed by atoms with van der Waals surface area (Å²) in [6.45, 7) is 1.88. The van der Waals surface area contributed by atoms with Crippen molar-refractivity contribution in [1.82, 2.24) is 4.90 Å². The third kappa shape index (κ3) is 3.46. The summed E-state index contributed by atoms with van der Waals surface area (Å²) in [5.41, 5.74) is 0.595. The highest BCUT2D eigenvalue weighted by Gasteiger charge is 2.29. The van der Waals surface area contributed by atoms with Crippen molar-refractivity contribution in [3.63, 3.8) is 0 Å². The van der Waals surface area contributed by atoms with Crippen molar-refractivity contribution in [3.05, 3.63) is 29.8 Å². The van der Waals surface area contributed by atoms with Gasteiger partial charge in [-0.1, -0.05) is 0 Å². The lowest BCUT2D eigenvalue weighted by Gasteiger charge is -2.20. The van der Waals surface area contributed by atoms with Gasteiger partial charge in [0.2, 0.25) is 0 Å². The van der Waals surface area contributed by atoms with E-state index in [9.17, 15) is 4.79 Å². The molecule has 0 bridgehead atoms. The Hall–Kier alpha value is -2.06. The van der Waals surface area contributed by atoms with Gasteiger partial charge in [-0.25, -0.2) is 0 Å². The number of ether oxygens (including phenoxy) is 1. The standard InChI is InChI=1S/C14H16N2O3/c15-10-11-3-5-12(6-4-11)19-9-8-16-7-1-2-13(16)14(17)18/h3-6,13H,1-2,7-9H2,(H,17,18). The first kappa shape index (κ1) is 13.4. The lowest BCUT2D eigenvalue weighted by molar-refractivity contribution is -0.142. The van der Waals surface area contributed by atoms with Gasteiger partial charge in [-0.05, 0) is 43.7 Å². The fraction of sp³-hybridized carbons (Fsp3) is 0.429. The van der Waals surface area contributed by atoms with Crippen molar-refractivity contribution >= 4 is 5.97 Å². The summed E-state index contributed by atoms with van der Waals surface area (Å²) in [5, 5.41) is 17.7. The Balaban J connectivity index is 1.80. The Morgan fingerprint density at radius 1 is 1.47 bits per heavy atom. The number of benzene rings is 1. The molecule has 1 aliphatic heterocycles. The van der Waals surface area contributed by atoms with E-state index in [1.165, 1.54) is 0 Å². The topological polar surface area (TPSA) is 73.6 Å². The van der Waals surface area contributed by atoms with Gasteiger partial charge in [-0.15, -0.1) is 0 Å². The zero-order valence-corrected chi connectivity index (χ0v) is 10.6. The predicted molar refractivity (Wildman–Crippen MR) is 68.9 cm³/mol. The lowest BCUT2D eigenvalue weighted by atomic mass is 10.2. The van der Waals surface area contributed by atoms with Gasteiger partial charge in [0.05, 0.1) is 11.6 Å². The molecule has 0 spiro atoms. The summed E-state index contributed by atoms with van der Waals surface area (Å²) in [6, 6.07) is 8.57. The SMILES string of the molecule is N#Cc1ccc(OCCN2CCCC2C(=O)O)cc1. The van der Waals surface area contributed by atoms with Gasteiger partial charge < -0.3 is 9.84 Å². The molecule has 1 heterocycles. The molecule has 5 heteroatoms. The molecule has 19 heavy (non-hydrogen) atoms. The molecule has 1 unspecified atom stereocenters. The molecule has 1 aromatic rings. The molecule has 0 aliphatic carbocycles. The first-order valence-electron chi connectivity index (χ1n) is 6.30. The van der Waals surface area contributed by atoms with Crippen molar-refractivity contribution in [2.24, 2.45) is 0 Å². The second-order valence-corrected chi connectivity index (χ2v) is 4.52. The second kappa shape index (κ2) is 6.21. The van der Waals surface area contributed by atoms with Crippen LogP contribution in [0.1, 0.15) is 18.4 Å². The molecule has 0 radical (unpaired) electrons. The fourth-order valence-corrected chi connectivity index (χ4v) is 2.28. The minimum absolute atomic E-state index is 0.371. The van der Waals surface area contributed by atoms with Gasteiger partial charge in [-0.3, -0.25) is 9.69 Å². The summed E-state index contributed by atoms with van der Waals surface area (Å²) >= 11 is 0. The van der Waals surface area contributed by atoms with Crippen LogP contribution >= 0.6 is 0 Å². The molecule has 1 N–H and O–H groups in total. The number of carboxylic acid groups (broad SMARTS) is 1. The van der Waals surface area contributed by atoms with Crippen LogP contribution in [0.4, 0.5) is 0 Å². The van der Waals surface area contributed by atoms with Gasteiger partial charge in [0.25, 0.3) is 0 Å². The largest absolute Gasteiger partial charge is 0.492 e. The van der Waals surface area contributed by atoms with Crippen molar-refractivity contribution in [2.45, 2.75) is 18.9 Å². The van der Waals surface area contributed by atoms with Crippen molar-refractivity contribution in [3.8, 4) is 11.8 Å². The maximum atomic E-state index is 11.0. The Morgan fingerprint density at radius 2 is 2.21 bits per heavy atom. The predicted octanol–water partition coefficient (Wildman–Crippen LogP) is 1.49. The average molecular weight is 260 g/mol. The Bertz CT molecular complexity index is 478. The summed E-state index contributed by atoms with van der Waals surface area (Å²) in [7, 11) is 0. The zero-order chi connectivity index (χ0) is 13.7. The van der Waals surface area contributed by atoms with Crippen molar-refractivity contribution in [2.75, 3.05) is 19.7 Å². The fourth-order valence-electron chi connectivity index (χ4n) is 2.28. The summed E-state index contributed by atoms with van der Waals surface area (Å²) in [5.74, 6) is -0.0547. The number of carbonyl (C=O) groups is 1. The van der Waals surface area contributed by atoms with E-state index >= 15 is 0 Å². The smallest absolute Gasteiger partial charge is 0.320 e. The van der Waals surface area contributed by atoms with Gasteiger partial charge in [-0.2, -0.15) is 5.26 Å². The lowest BCUT2D eigenvalue weighted by Crippen LogP contribution is -2.38. The van der Waals surface area contributed by atoms with Gasteiger partial charge in [0.15, 0.2) is 0 Å². The molecule has 1 fully saturated rings. The van der Waals surface area contributed by atoms with Crippen LogP contribution in [0, 0.1) is 11.3 Å². The molecule has 0 amide bonds. The van der Waals surface area contributed by atoms with Crippen LogP contribution in [0.15, 0.2) is 24.3 Å². The molecule has 0 aromatic heterocycles. The molecule has 0 saturated carbocycles. The molecule has 1 aromatic carbocycles. The van der Waals surface area contributed by atoms with E-state index in [2.05, 4.69) is 0 Å². The van der Waals surface area contributed by atoms with Crippen molar-refractivity contribution < 1.29 is 14.6 Å². The van der Waals surface area contributed by atoms with E-state index in [1.54, 1.807) is 24.3 Å². The number of hydrogen-bond acceptors (Lipinski definition) is 4. The summed E-state index contributed by atoms with van der Waals surface area (Å²) < 4.78 is 5.55. The molecule has 100 valence electrons. The Morgan fingerprint density at radius 3 is 2.84 bits per heavy atom. The highest BCUT2D eigenvalue weighted by atomic mass is 16.5. The Labute approximate surface area is 112 Å². The minimum Gasteiger partial charge on any atom is -0.492 e. The first-order chi connectivity index (χ1) is 9.20. The van der Waals surface area contributed by atoms with Crippen LogP contribution in [0.5, 0.6) is 5.75 Å². The van der Waals surface area contributed by atoms with Crippen LogP contribution in [-0.4, -0.2) is 41.7 Å². The van der Waals surface area contributed by atoms with E-state index in [0.29, 0.717) is 30.9 Å². The number of carboxylic acids is 1. The summed E-state index contributed by atoms with van der Waals surface area (Å²) in [4.78, 5) is 12.9. The van der Waals surface area contributed by atoms with E-state index in [4.69, 9.17) is 15.1 Å². The molecular formula is C14H16N2O3. The molecule has 1 aliphatic rings. The third-order valence-electron chi connectivity index (χ3n) is 3.28. The Kier molecular flexibility index (Phi) is 4.37. The van der Waals surface area contributed by atoms with Crippen LogP contribution in [0.3, 0.4) is 0 Å². The van der Waals surface area contributed by atoms with E-state index in [1.807, 2.05) is 11.0 Å². The average Bonchev–Trinajstić information content (AvgIpc) is 2.88. The molecule has 5 nitrogen and oxygen atoms in total. The van der Waals surface area contributed by atoms with Crippen LogP contribution in [0.2, 0.25) is 0 Å². The van der Waals surface area contributed by atoms with Gasteiger partial charge in [0, 0.05) is 6.54 Å². The molecule has 1 saturated heterocycles. The quantitative estimate of drug-likeness (QED) is 0.868. The first-order valence-corrected chi connectivity index (χ1v) is 6.30. The number of nitrogens with zero attached hydrogens (tertiary/aromatic N) is 2. The van der Waals surface area contributed by atoms with E-state index in [0.717, 1.165) is 13.0 Å². The summed E-state index contributed by atoms with van der Waals surface area (Å²) in [6.07, 6.45) is 1.64. The van der Waals surface area contributed by atoms with E-state index in [-0.39, 0.29) is 6.04 Å². The minimum atomic E-state index is -0.754. The normalized spacial score (nSPS) is 19.0. The van der Waals surface area contributed by atoms with Crippen LogP contribution in [-0.2, 0) is 4.79 Å². The maximum absolute atomic E-state index is 11.0. The number of aliphatic carboxylic acids is 1. The second-order valence-electron chi connectivity index (χ2n) is 4.52.